The first kappa shape index (κ1) is 26.3. The van der Waals surface area contributed by atoms with Crippen LogP contribution in [-0.4, -0.2) is 0 Å². The van der Waals surface area contributed by atoms with Gasteiger partial charge in [0.25, 0.3) is 0 Å². The molecule has 0 amide bonds. The third-order valence-electron chi connectivity index (χ3n) is 10.1. The minimum Gasteiger partial charge on any atom is -0.0845 e. The molecule has 4 aliphatic carbocycles. The highest BCUT2D eigenvalue weighted by Crippen LogP contribution is 2.67. The fourth-order valence-electron chi connectivity index (χ4n) is 8.37. The quantitative estimate of drug-likeness (QED) is 0.293. The van der Waals surface area contributed by atoms with Gasteiger partial charge in [-0.2, -0.15) is 0 Å². The summed E-state index contributed by atoms with van der Waals surface area (Å²) in [6.45, 7) is 21.4. The van der Waals surface area contributed by atoms with Crippen LogP contribution in [0.5, 0.6) is 0 Å². The number of allylic oxidation sites excluding steroid dienone is 2. The Morgan fingerprint density at radius 2 is 1.62 bits per heavy atom. The van der Waals surface area contributed by atoms with Crippen molar-refractivity contribution in [1.82, 2.24) is 0 Å². The van der Waals surface area contributed by atoms with Gasteiger partial charge in [0.05, 0.1) is 0 Å². The van der Waals surface area contributed by atoms with Crippen molar-refractivity contribution in [3.63, 3.8) is 0 Å². The molecule has 0 N–H and O–H groups in total. The van der Waals surface area contributed by atoms with E-state index in [9.17, 15) is 0 Å². The van der Waals surface area contributed by atoms with E-state index in [0.29, 0.717) is 16.2 Å². The average molecular weight is 443 g/mol. The van der Waals surface area contributed by atoms with E-state index in [4.69, 9.17) is 0 Å². The topological polar surface area (TPSA) is 0 Å². The normalized spacial score (nSPS) is 41.2. The number of hydrogen-bond donors (Lipinski definition) is 0. The zero-order valence-electron chi connectivity index (χ0n) is 23.5. The molecule has 0 bridgehead atoms. The van der Waals surface area contributed by atoms with Gasteiger partial charge in [-0.1, -0.05) is 93.2 Å². The largest absolute Gasteiger partial charge is 0.0845 e. The maximum atomic E-state index is 2.75. The summed E-state index contributed by atoms with van der Waals surface area (Å²) in [5, 5.41) is 0. The van der Waals surface area contributed by atoms with Crippen molar-refractivity contribution in [3.8, 4) is 0 Å². The zero-order valence-corrected chi connectivity index (χ0v) is 23.5. The number of fused-ring (bicyclic) bond motifs is 5. The first-order valence-electron chi connectivity index (χ1n) is 14.5. The molecule has 4 aliphatic rings. The second-order valence-electron chi connectivity index (χ2n) is 15.1. The Labute approximate surface area is 202 Å². The lowest BCUT2D eigenvalue weighted by Crippen LogP contribution is -2.49. The van der Waals surface area contributed by atoms with Crippen LogP contribution in [0.15, 0.2) is 11.6 Å². The van der Waals surface area contributed by atoms with E-state index in [1.807, 2.05) is 5.57 Å². The molecule has 0 aromatic rings. The van der Waals surface area contributed by atoms with E-state index in [-0.39, 0.29) is 0 Å². The van der Waals surface area contributed by atoms with Crippen molar-refractivity contribution in [1.29, 1.82) is 0 Å². The standard InChI is InChI=1S/C27H46.C5H12/c1-19(2)8-6-7-9-21-11-13-24-23-12-10-22-18-20(3)14-16-27(22,5)25(23)15-17-26(21,24)4;1-5(2,3)4/h10,19-21,23-25H,6-9,11-18H2,1-5H3;1-4H3. The predicted molar refractivity (Wildman–Crippen MR) is 143 cm³/mol. The monoisotopic (exact) mass is 442 g/mol. The summed E-state index contributed by atoms with van der Waals surface area (Å²) >= 11 is 0. The molecule has 3 fully saturated rings. The first-order valence-corrected chi connectivity index (χ1v) is 14.5. The lowest BCUT2D eigenvalue weighted by atomic mass is 9.47. The van der Waals surface area contributed by atoms with E-state index < -0.39 is 0 Å². The van der Waals surface area contributed by atoms with Crippen LogP contribution in [0.1, 0.15) is 139 Å². The Bertz CT molecular complexity index is 627. The van der Waals surface area contributed by atoms with Crippen LogP contribution in [0.4, 0.5) is 0 Å². The molecule has 186 valence electrons. The highest BCUT2D eigenvalue weighted by molar-refractivity contribution is 5.24. The molecule has 0 aliphatic heterocycles. The van der Waals surface area contributed by atoms with Gasteiger partial charge in [-0.15, -0.1) is 0 Å². The van der Waals surface area contributed by atoms with Gasteiger partial charge in [0.15, 0.2) is 0 Å². The van der Waals surface area contributed by atoms with E-state index in [2.05, 4.69) is 68.4 Å². The SMILES string of the molecule is CC(C)(C)C.CC(C)CCCCC1CCC2C3CC=C4CC(C)CCC4(C)C3CCC12C. The summed E-state index contributed by atoms with van der Waals surface area (Å²) in [7, 11) is 0. The minimum atomic E-state index is 0.500. The lowest BCUT2D eigenvalue weighted by molar-refractivity contribution is -0.0450. The fraction of sp³-hybridized carbons (Fsp3) is 0.938. The third-order valence-corrected chi connectivity index (χ3v) is 10.1. The Hall–Kier alpha value is -0.260. The van der Waals surface area contributed by atoms with Gasteiger partial charge in [-0.05, 0) is 110 Å². The molecule has 0 aromatic heterocycles. The highest BCUT2D eigenvalue weighted by Gasteiger charge is 2.58. The summed E-state index contributed by atoms with van der Waals surface area (Å²) in [6.07, 6.45) is 20.6. The minimum absolute atomic E-state index is 0.500. The molecular weight excluding hydrogens is 384 g/mol. The molecule has 0 radical (unpaired) electrons. The Kier molecular flexibility index (Phi) is 8.36. The number of unbranched alkanes of at least 4 members (excludes halogenated alkanes) is 1. The van der Waals surface area contributed by atoms with Crippen LogP contribution in [0, 0.1) is 51.8 Å². The summed E-state index contributed by atoms with van der Waals surface area (Å²) in [4.78, 5) is 0. The second-order valence-corrected chi connectivity index (χ2v) is 15.1. The smallest absolute Gasteiger partial charge is 0.00851 e. The average Bonchev–Trinajstić information content (AvgIpc) is 3.01. The van der Waals surface area contributed by atoms with Gasteiger partial charge in [0.2, 0.25) is 0 Å². The maximum Gasteiger partial charge on any atom is -0.00851 e. The fourth-order valence-corrected chi connectivity index (χ4v) is 8.37. The molecule has 0 saturated heterocycles. The van der Waals surface area contributed by atoms with Gasteiger partial charge in [-0.3, -0.25) is 0 Å². The van der Waals surface area contributed by atoms with Gasteiger partial charge < -0.3 is 0 Å². The van der Waals surface area contributed by atoms with E-state index in [0.717, 1.165) is 35.5 Å². The molecule has 32 heavy (non-hydrogen) atoms. The van der Waals surface area contributed by atoms with E-state index in [1.165, 1.54) is 70.6 Å². The summed E-state index contributed by atoms with van der Waals surface area (Å²) in [6, 6.07) is 0. The molecular formula is C32H58. The Balaban J connectivity index is 0.000000523. The molecule has 0 nitrogen and oxygen atoms in total. The highest BCUT2D eigenvalue weighted by atomic mass is 14.6. The molecule has 0 spiro atoms. The summed E-state index contributed by atoms with van der Waals surface area (Å²) < 4.78 is 0. The van der Waals surface area contributed by atoms with Crippen LogP contribution < -0.4 is 0 Å². The second kappa shape index (κ2) is 10.2. The molecule has 0 heteroatoms. The molecule has 7 unspecified atom stereocenters. The van der Waals surface area contributed by atoms with E-state index in [1.54, 1.807) is 6.42 Å². The number of hydrogen-bond acceptors (Lipinski definition) is 0. The molecule has 0 aromatic carbocycles. The van der Waals surface area contributed by atoms with Crippen LogP contribution in [-0.2, 0) is 0 Å². The Morgan fingerprint density at radius 1 is 0.938 bits per heavy atom. The lowest BCUT2D eigenvalue weighted by Gasteiger charge is -2.58. The van der Waals surface area contributed by atoms with Crippen LogP contribution in [0.2, 0.25) is 0 Å². The van der Waals surface area contributed by atoms with Crippen molar-refractivity contribution in [3.05, 3.63) is 11.6 Å². The van der Waals surface area contributed by atoms with Gasteiger partial charge in [-0.25, -0.2) is 0 Å². The third kappa shape index (κ3) is 5.86. The van der Waals surface area contributed by atoms with Gasteiger partial charge in [0, 0.05) is 0 Å². The van der Waals surface area contributed by atoms with Crippen molar-refractivity contribution < 1.29 is 0 Å². The zero-order chi connectivity index (χ0) is 23.7. The molecule has 0 heterocycles. The van der Waals surface area contributed by atoms with Crippen molar-refractivity contribution in [2.24, 2.45) is 51.8 Å². The summed E-state index contributed by atoms with van der Waals surface area (Å²) in [5.41, 5.74) is 3.60. The molecule has 4 rings (SSSR count). The van der Waals surface area contributed by atoms with E-state index >= 15 is 0 Å². The number of rotatable bonds is 5. The van der Waals surface area contributed by atoms with Crippen molar-refractivity contribution >= 4 is 0 Å². The van der Waals surface area contributed by atoms with Crippen molar-refractivity contribution in [2.45, 2.75) is 139 Å². The predicted octanol–water partition coefficient (Wildman–Crippen LogP) is 10.5. The molecule has 3 saturated carbocycles. The first-order chi connectivity index (χ1) is 14.8. The van der Waals surface area contributed by atoms with Gasteiger partial charge >= 0.3 is 0 Å². The van der Waals surface area contributed by atoms with Crippen LogP contribution in [0.25, 0.3) is 0 Å². The summed E-state index contributed by atoms with van der Waals surface area (Å²) in [5.74, 6) is 5.88. The molecule has 7 atom stereocenters. The van der Waals surface area contributed by atoms with Crippen molar-refractivity contribution in [2.75, 3.05) is 0 Å². The van der Waals surface area contributed by atoms with Gasteiger partial charge in [0.1, 0.15) is 0 Å². The van der Waals surface area contributed by atoms with Crippen LogP contribution >= 0.6 is 0 Å². The Morgan fingerprint density at radius 3 is 2.28 bits per heavy atom. The maximum absolute atomic E-state index is 2.75. The van der Waals surface area contributed by atoms with Crippen LogP contribution in [0.3, 0.4) is 0 Å².